The molecule has 0 radical (unpaired) electrons. The third-order valence-corrected chi connectivity index (χ3v) is 7.75. The second kappa shape index (κ2) is 33.9. The van der Waals surface area contributed by atoms with Gasteiger partial charge >= 0.3 is 11.9 Å². The van der Waals surface area contributed by atoms with E-state index in [2.05, 4.69) is 38.2 Å². The molecule has 0 aromatic rings. The third-order valence-electron chi connectivity index (χ3n) is 7.75. The fourth-order valence-electron chi connectivity index (χ4n) is 4.99. The maximum absolute atomic E-state index is 12.1. The molecule has 5 nitrogen and oxygen atoms in total. The highest BCUT2D eigenvalue weighted by atomic mass is 16.6. The van der Waals surface area contributed by atoms with Crippen LogP contribution in [0.3, 0.4) is 0 Å². The van der Waals surface area contributed by atoms with E-state index in [0.717, 1.165) is 51.4 Å². The van der Waals surface area contributed by atoms with Crippen molar-refractivity contribution in [2.24, 2.45) is 0 Å². The normalized spacial score (nSPS) is 12.4. The summed E-state index contributed by atoms with van der Waals surface area (Å²) in [6.45, 7) is 4.09. The summed E-state index contributed by atoms with van der Waals surface area (Å²) in [6.07, 6.45) is 38.0. The van der Waals surface area contributed by atoms with Crippen LogP contribution in [0.1, 0.15) is 181 Å². The molecule has 1 unspecified atom stereocenters. The highest BCUT2D eigenvalue weighted by molar-refractivity contribution is 5.70. The van der Waals surface area contributed by atoms with Crippen LogP contribution in [0, 0.1) is 0 Å². The third kappa shape index (κ3) is 31.3. The van der Waals surface area contributed by atoms with Gasteiger partial charge in [0.25, 0.3) is 0 Å². The molecule has 0 aliphatic heterocycles. The topological polar surface area (TPSA) is 72.8 Å². The molecule has 0 saturated carbocycles. The van der Waals surface area contributed by atoms with Gasteiger partial charge in [-0.1, -0.05) is 147 Å². The number of rotatable bonds is 32. The minimum atomic E-state index is -0.772. The predicted octanol–water partition coefficient (Wildman–Crippen LogP) is 10.7. The van der Waals surface area contributed by atoms with Crippen molar-refractivity contribution in [2.45, 2.75) is 187 Å². The van der Waals surface area contributed by atoms with Gasteiger partial charge in [0, 0.05) is 12.8 Å². The van der Waals surface area contributed by atoms with E-state index >= 15 is 0 Å². The number of aliphatic hydroxyl groups is 1. The van der Waals surface area contributed by atoms with Gasteiger partial charge in [0.05, 0.1) is 6.61 Å². The van der Waals surface area contributed by atoms with Crippen LogP contribution in [0.5, 0.6) is 0 Å². The zero-order chi connectivity index (χ0) is 30.8. The predicted molar refractivity (Wildman–Crippen MR) is 178 cm³/mol. The lowest BCUT2D eigenvalue weighted by Crippen LogP contribution is -2.28. The molecule has 1 N–H and O–H groups in total. The van der Waals surface area contributed by atoms with E-state index in [1.54, 1.807) is 0 Å². The minimum Gasteiger partial charge on any atom is -0.462 e. The molecule has 0 aromatic carbocycles. The molecule has 1 atom stereocenters. The van der Waals surface area contributed by atoms with E-state index in [-0.39, 0.29) is 25.2 Å². The quantitative estimate of drug-likeness (QED) is 0.0478. The fourth-order valence-corrected chi connectivity index (χ4v) is 4.99. The van der Waals surface area contributed by atoms with Crippen LogP contribution in [0.4, 0.5) is 0 Å². The summed E-state index contributed by atoms with van der Waals surface area (Å²) in [4.78, 5) is 24.1. The Morgan fingerprint density at radius 1 is 0.548 bits per heavy atom. The highest BCUT2D eigenvalue weighted by Gasteiger charge is 2.16. The van der Waals surface area contributed by atoms with Gasteiger partial charge in [-0.2, -0.15) is 0 Å². The first-order chi connectivity index (χ1) is 20.6. The van der Waals surface area contributed by atoms with Crippen LogP contribution in [-0.2, 0) is 19.1 Å². The van der Waals surface area contributed by atoms with Crippen LogP contribution >= 0.6 is 0 Å². The second-order valence-corrected chi connectivity index (χ2v) is 12.0. The molecule has 0 bridgehead atoms. The SMILES string of the molecule is CCCCC/C=C\C/C=C/CCCCCCCC(=O)OC(CO)COC(=O)CCCCCCCCCCCCCCC. The lowest BCUT2D eigenvalue weighted by atomic mass is 10.0. The number of ether oxygens (including phenoxy) is 2. The van der Waals surface area contributed by atoms with Gasteiger partial charge in [0.2, 0.25) is 0 Å². The summed E-state index contributed by atoms with van der Waals surface area (Å²) in [7, 11) is 0. The lowest BCUT2D eigenvalue weighted by Gasteiger charge is -2.15. The number of esters is 2. The van der Waals surface area contributed by atoms with E-state index in [1.807, 2.05) is 0 Å². The Hall–Kier alpha value is -1.62. The van der Waals surface area contributed by atoms with Gasteiger partial charge in [-0.05, 0) is 44.9 Å². The fraction of sp³-hybridized carbons (Fsp3) is 0.838. The molecule has 0 fully saturated rings. The Bertz CT molecular complexity index is 642. The molecule has 0 aliphatic carbocycles. The molecule has 0 rings (SSSR count). The van der Waals surface area contributed by atoms with Gasteiger partial charge in [0.15, 0.2) is 6.10 Å². The minimum absolute atomic E-state index is 0.0678. The zero-order valence-electron chi connectivity index (χ0n) is 27.8. The van der Waals surface area contributed by atoms with Gasteiger partial charge < -0.3 is 14.6 Å². The number of carbonyl (C=O) groups excluding carboxylic acids is 2. The smallest absolute Gasteiger partial charge is 0.306 e. The molecule has 246 valence electrons. The van der Waals surface area contributed by atoms with Crippen LogP contribution in [0.2, 0.25) is 0 Å². The molecule has 0 heterocycles. The van der Waals surface area contributed by atoms with Crippen LogP contribution in [0.15, 0.2) is 24.3 Å². The number of hydrogen-bond donors (Lipinski definition) is 1. The summed E-state index contributed by atoms with van der Waals surface area (Å²) < 4.78 is 10.6. The molecule has 0 saturated heterocycles. The summed E-state index contributed by atoms with van der Waals surface area (Å²) >= 11 is 0. The van der Waals surface area contributed by atoms with Gasteiger partial charge in [0.1, 0.15) is 6.61 Å². The average molecular weight is 593 g/mol. The summed E-state index contributed by atoms with van der Waals surface area (Å²) in [5, 5.41) is 9.51. The number of hydrogen-bond acceptors (Lipinski definition) is 5. The Labute approximate surface area is 260 Å². The first-order valence-corrected chi connectivity index (χ1v) is 17.9. The summed E-state index contributed by atoms with van der Waals surface area (Å²) in [5.74, 6) is -0.603. The highest BCUT2D eigenvalue weighted by Crippen LogP contribution is 2.14. The summed E-state index contributed by atoms with van der Waals surface area (Å²) in [6, 6.07) is 0. The average Bonchev–Trinajstić information content (AvgIpc) is 2.99. The van der Waals surface area contributed by atoms with Crippen molar-refractivity contribution in [3.63, 3.8) is 0 Å². The first kappa shape index (κ1) is 40.4. The largest absolute Gasteiger partial charge is 0.462 e. The van der Waals surface area contributed by atoms with Gasteiger partial charge in [-0.15, -0.1) is 0 Å². The number of unbranched alkanes of at least 4 members (excludes halogenated alkanes) is 20. The van der Waals surface area contributed by atoms with Crippen molar-refractivity contribution in [1.82, 2.24) is 0 Å². The number of aliphatic hydroxyl groups excluding tert-OH is 1. The van der Waals surface area contributed by atoms with Gasteiger partial charge in [-0.25, -0.2) is 0 Å². The standard InChI is InChI=1S/C37H68O5/c1-3-5-7-9-11-13-15-17-18-20-22-24-26-28-30-32-37(40)42-35(33-38)34-41-36(39)31-29-27-25-23-21-19-16-14-12-10-8-6-4-2/h11,13,17-18,35,38H,3-10,12,14-16,19-34H2,1-2H3/b13-11-,18-17+. The van der Waals surface area contributed by atoms with Crippen molar-refractivity contribution in [3.8, 4) is 0 Å². The Kier molecular flexibility index (Phi) is 32.6. The molecule has 5 heteroatoms. The zero-order valence-corrected chi connectivity index (χ0v) is 27.8. The van der Waals surface area contributed by atoms with E-state index in [1.165, 1.54) is 103 Å². The Morgan fingerprint density at radius 3 is 1.45 bits per heavy atom. The van der Waals surface area contributed by atoms with Crippen LogP contribution < -0.4 is 0 Å². The molecule has 0 amide bonds. The lowest BCUT2D eigenvalue weighted by molar-refractivity contribution is -0.161. The molecular formula is C37H68O5. The monoisotopic (exact) mass is 593 g/mol. The molecule has 0 spiro atoms. The maximum atomic E-state index is 12.1. The van der Waals surface area contributed by atoms with Crippen LogP contribution in [0.25, 0.3) is 0 Å². The molecule has 0 aliphatic rings. The van der Waals surface area contributed by atoms with E-state index in [0.29, 0.717) is 12.8 Å². The molecular weight excluding hydrogens is 524 g/mol. The van der Waals surface area contributed by atoms with E-state index in [4.69, 9.17) is 9.47 Å². The van der Waals surface area contributed by atoms with Crippen molar-refractivity contribution in [1.29, 1.82) is 0 Å². The van der Waals surface area contributed by atoms with Crippen molar-refractivity contribution >= 4 is 11.9 Å². The Balaban J connectivity index is 3.59. The second-order valence-electron chi connectivity index (χ2n) is 12.0. The molecule has 42 heavy (non-hydrogen) atoms. The number of allylic oxidation sites excluding steroid dienone is 4. The first-order valence-electron chi connectivity index (χ1n) is 17.9. The van der Waals surface area contributed by atoms with Crippen molar-refractivity contribution in [3.05, 3.63) is 24.3 Å². The van der Waals surface area contributed by atoms with E-state index in [9.17, 15) is 14.7 Å². The van der Waals surface area contributed by atoms with Crippen molar-refractivity contribution < 1.29 is 24.2 Å². The van der Waals surface area contributed by atoms with E-state index < -0.39 is 6.10 Å². The van der Waals surface area contributed by atoms with Crippen molar-refractivity contribution in [2.75, 3.05) is 13.2 Å². The summed E-state index contributed by atoms with van der Waals surface area (Å²) in [5.41, 5.74) is 0. The maximum Gasteiger partial charge on any atom is 0.306 e. The molecule has 0 aromatic heterocycles. The Morgan fingerprint density at radius 2 is 0.952 bits per heavy atom. The number of carbonyl (C=O) groups is 2. The van der Waals surface area contributed by atoms with Gasteiger partial charge in [-0.3, -0.25) is 9.59 Å². The van der Waals surface area contributed by atoms with Crippen LogP contribution in [-0.4, -0.2) is 36.4 Å².